The summed E-state index contributed by atoms with van der Waals surface area (Å²) in [5, 5.41) is 15.4. The Kier molecular flexibility index (Phi) is 6.45. The number of amides is 2. The number of aromatic nitrogens is 2. The van der Waals surface area contributed by atoms with Gasteiger partial charge in [0.2, 0.25) is 5.95 Å². The number of rotatable bonds is 6. The lowest BCUT2D eigenvalue weighted by Gasteiger charge is -2.27. The molecule has 0 aliphatic heterocycles. The van der Waals surface area contributed by atoms with Gasteiger partial charge in [-0.1, -0.05) is 24.3 Å². The summed E-state index contributed by atoms with van der Waals surface area (Å²) in [6, 6.07) is 12.1. The predicted octanol–water partition coefficient (Wildman–Crippen LogP) is 4.70. The maximum Gasteiger partial charge on any atom is 0.332 e. The molecule has 3 N–H and O–H groups in total. The van der Waals surface area contributed by atoms with Crippen LogP contribution in [-0.2, 0) is 0 Å². The third-order valence-electron chi connectivity index (χ3n) is 4.69. The zero-order valence-electron chi connectivity index (χ0n) is 17.3. The lowest BCUT2D eigenvalue weighted by atomic mass is 10.0. The second-order valence-corrected chi connectivity index (χ2v) is 7.46. The predicted molar refractivity (Wildman–Crippen MR) is 115 cm³/mol. The van der Waals surface area contributed by atoms with Crippen LogP contribution in [0.4, 0.5) is 36.7 Å². The Morgan fingerprint density at radius 2 is 1.71 bits per heavy atom. The van der Waals surface area contributed by atoms with Crippen LogP contribution in [0, 0.1) is 11.6 Å². The topological polar surface area (TPSA) is 90.4 Å². The van der Waals surface area contributed by atoms with Gasteiger partial charge >= 0.3 is 6.03 Å². The molecule has 162 valence electrons. The molecular weight excluding hydrogens is 404 g/mol. The molecule has 0 spiro atoms. The van der Waals surface area contributed by atoms with Crippen molar-refractivity contribution in [3.8, 4) is 0 Å². The zero-order chi connectivity index (χ0) is 22.6. The zero-order valence-corrected chi connectivity index (χ0v) is 17.3. The Labute approximate surface area is 178 Å². The Morgan fingerprint density at radius 1 is 1.06 bits per heavy atom. The highest BCUT2D eigenvalue weighted by Crippen LogP contribution is 2.27. The molecule has 3 rings (SSSR count). The molecule has 0 bridgehead atoms. The number of nitrogens with one attached hydrogen (secondary N) is 2. The molecule has 3 aromatic rings. The summed E-state index contributed by atoms with van der Waals surface area (Å²) in [7, 11) is 0. The van der Waals surface area contributed by atoms with Gasteiger partial charge in [-0.05, 0) is 45.0 Å². The summed E-state index contributed by atoms with van der Waals surface area (Å²) >= 11 is 0. The van der Waals surface area contributed by atoms with Crippen molar-refractivity contribution in [1.29, 1.82) is 0 Å². The largest absolute Gasteiger partial charge is 0.388 e. The van der Waals surface area contributed by atoms with Crippen molar-refractivity contribution in [3.63, 3.8) is 0 Å². The van der Waals surface area contributed by atoms with Crippen molar-refractivity contribution in [1.82, 2.24) is 9.97 Å². The van der Waals surface area contributed by atoms with Gasteiger partial charge in [0.15, 0.2) is 0 Å². The van der Waals surface area contributed by atoms with Gasteiger partial charge in [0.05, 0.1) is 17.3 Å². The lowest BCUT2D eigenvalue weighted by Crippen LogP contribution is -2.40. The highest BCUT2D eigenvalue weighted by Gasteiger charge is 2.25. The molecule has 1 unspecified atom stereocenters. The van der Waals surface area contributed by atoms with Crippen LogP contribution in [0.3, 0.4) is 0 Å². The Balaban J connectivity index is 1.97. The summed E-state index contributed by atoms with van der Waals surface area (Å²) in [5.74, 6) is -1.45. The van der Waals surface area contributed by atoms with Gasteiger partial charge in [-0.15, -0.1) is 0 Å². The normalized spacial score (nSPS) is 12.2. The first-order valence-corrected chi connectivity index (χ1v) is 9.59. The Morgan fingerprint density at radius 3 is 2.32 bits per heavy atom. The minimum atomic E-state index is -1.04. The van der Waals surface area contributed by atoms with Gasteiger partial charge in [0.25, 0.3) is 0 Å². The van der Waals surface area contributed by atoms with Gasteiger partial charge in [-0.2, -0.15) is 4.98 Å². The average Bonchev–Trinajstić information content (AvgIpc) is 2.71. The van der Waals surface area contributed by atoms with E-state index in [1.807, 2.05) is 0 Å². The summed E-state index contributed by atoms with van der Waals surface area (Å²) in [4.78, 5) is 22.7. The quantitative estimate of drug-likeness (QED) is 0.531. The highest BCUT2D eigenvalue weighted by molar-refractivity contribution is 6.06. The molecule has 9 heteroatoms. The first-order valence-electron chi connectivity index (χ1n) is 9.59. The molecule has 2 aromatic carbocycles. The Hall–Kier alpha value is -3.59. The third kappa shape index (κ3) is 5.32. The monoisotopic (exact) mass is 427 g/mol. The molecule has 0 aliphatic carbocycles. The van der Waals surface area contributed by atoms with Crippen LogP contribution < -0.4 is 15.5 Å². The first-order chi connectivity index (χ1) is 14.7. The number of carbonyl (C=O) groups is 1. The van der Waals surface area contributed by atoms with E-state index in [1.165, 1.54) is 23.2 Å². The van der Waals surface area contributed by atoms with Gasteiger partial charge in [0, 0.05) is 12.3 Å². The smallest absolute Gasteiger partial charge is 0.332 e. The van der Waals surface area contributed by atoms with Crippen molar-refractivity contribution >= 4 is 29.2 Å². The summed E-state index contributed by atoms with van der Waals surface area (Å²) in [6.07, 6.45) is 1.44. The number of anilines is 4. The summed E-state index contributed by atoms with van der Waals surface area (Å²) in [5.41, 5.74) is -1.17. The molecule has 0 saturated heterocycles. The van der Waals surface area contributed by atoms with Gasteiger partial charge in [0.1, 0.15) is 23.1 Å². The van der Waals surface area contributed by atoms with E-state index in [9.17, 15) is 18.7 Å². The van der Waals surface area contributed by atoms with Crippen LogP contribution in [0.15, 0.2) is 60.8 Å². The van der Waals surface area contributed by atoms with Gasteiger partial charge < -0.3 is 15.7 Å². The fourth-order valence-electron chi connectivity index (χ4n) is 2.62. The van der Waals surface area contributed by atoms with Crippen LogP contribution in [0.25, 0.3) is 0 Å². The van der Waals surface area contributed by atoms with E-state index in [1.54, 1.807) is 51.1 Å². The molecular formula is C22H23F2N5O2. The van der Waals surface area contributed by atoms with Crippen molar-refractivity contribution in [2.45, 2.75) is 32.4 Å². The molecule has 0 fully saturated rings. The SMILES string of the molecule is CC(Nc1nccc(N(C(=O)Nc2c(F)cccc2F)c2ccccc2)n1)C(C)(C)O. The Bertz CT molecular complexity index is 1040. The van der Waals surface area contributed by atoms with E-state index in [4.69, 9.17) is 0 Å². The average molecular weight is 427 g/mol. The number of para-hydroxylation sites is 2. The van der Waals surface area contributed by atoms with Gasteiger partial charge in [-0.25, -0.2) is 23.5 Å². The maximum atomic E-state index is 14.1. The van der Waals surface area contributed by atoms with Crippen molar-refractivity contribution in [2.24, 2.45) is 0 Å². The number of halogens is 2. The van der Waals surface area contributed by atoms with Gasteiger partial charge in [-0.3, -0.25) is 0 Å². The number of nitrogens with zero attached hydrogens (tertiary/aromatic N) is 3. The van der Waals surface area contributed by atoms with Crippen molar-refractivity contribution < 1.29 is 18.7 Å². The number of urea groups is 1. The van der Waals surface area contributed by atoms with Crippen LogP contribution in [0.1, 0.15) is 20.8 Å². The molecule has 0 radical (unpaired) electrons. The second-order valence-electron chi connectivity index (χ2n) is 7.46. The second kappa shape index (κ2) is 9.05. The molecule has 31 heavy (non-hydrogen) atoms. The minimum absolute atomic E-state index is 0.167. The van der Waals surface area contributed by atoms with Crippen LogP contribution in [-0.4, -0.2) is 32.7 Å². The number of aliphatic hydroxyl groups is 1. The van der Waals surface area contributed by atoms with E-state index >= 15 is 0 Å². The number of carbonyl (C=O) groups excluding carboxylic acids is 1. The van der Waals surface area contributed by atoms with E-state index in [0.29, 0.717) is 5.69 Å². The van der Waals surface area contributed by atoms with E-state index in [0.717, 1.165) is 12.1 Å². The summed E-state index contributed by atoms with van der Waals surface area (Å²) < 4.78 is 28.1. The fraction of sp³-hybridized carbons (Fsp3) is 0.227. The first kappa shape index (κ1) is 22.1. The molecule has 1 heterocycles. The molecule has 1 aromatic heterocycles. The van der Waals surface area contributed by atoms with E-state index in [2.05, 4.69) is 20.6 Å². The molecule has 2 amide bonds. The number of hydrogen-bond donors (Lipinski definition) is 3. The van der Waals surface area contributed by atoms with E-state index in [-0.39, 0.29) is 11.8 Å². The summed E-state index contributed by atoms with van der Waals surface area (Å²) in [6.45, 7) is 5.04. The van der Waals surface area contributed by atoms with Crippen LogP contribution >= 0.6 is 0 Å². The fourth-order valence-corrected chi connectivity index (χ4v) is 2.62. The van der Waals surface area contributed by atoms with E-state index < -0.39 is 35.0 Å². The highest BCUT2D eigenvalue weighted by atomic mass is 19.1. The number of hydrogen-bond acceptors (Lipinski definition) is 5. The maximum absolute atomic E-state index is 14.1. The molecule has 7 nitrogen and oxygen atoms in total. The van der Waals surface area contributed by atoms with Crippen molar-refractivity contribution in [2.75, 3.05) is 15.5 Å². The third-order valence-corrected chi connectivity index (χ3v) is 4.69. The number of benzene rings is 2. The minimum Gasteiger partial charge on any atom is -0.388 e. The van der Waals surface area contributed by atoms with Crippen LogP contribution in [0.2, 0.25) is 0 Å². The lowest BCUT2D eigenvalue weighted by molar-refractivity contribution is 0.0646. The van der Waals surface area contributed by atoms with Crippen molar-refractivity contribution in [3.05, 3.63) is 72.4 Å². The standard InChI is InChI=1S/C22H23F2N5O2/c1-14(22(2,3)31)26-20-25-13-12-18(27-20)29(15-8-5-4-6-9-15)21(30)28-19-16(23)10-7-11-17(19)24/h4-14,31H,1-3H3,(H,28,30)(H,25,26,27). The van der Waals surface area contributed by atoms with Crippen LogP contribution in [0.5, 0.6) is 0 Å². The molecule has 1 atom stereocenters. The molecule has 0 aliphatic rings. The molecule has 0 saturated carbocycles.